The minimum atomic E-state index is -0.000602. The van der Waals surface area contributed by atoms with Gasteiger partial charge in [0.15, 0.2) is 5.76 Å². The monoisotopic (exact) mass is 208 g/mol. The molecule has 0 spiro atoms. The van der Waals surface area contributed by atoms with Crippen molar-refractivity contribution in [2.24, 2.45) is 11.7 Å². The lowest BCUT2D eigenvalue weighted by Gasteiger charge is -2.13. The van der Waals surface area contributed by atoms with E-state index in [1.807, 2.05) is 0 Å². The van der Waals surface area contributed by atoms with E-state index in [1.54, 1.807) is 0 Å². The second kappa shape index (κ2) is 4.35. The van der Waals surface area contributed by atoms with Crippen LogP contribution in [0.1, 0.15) is 56.2 Å². The number of hydrogen-bond acceptors (Lipinski definition) is 3. The molecule has 84 valence electrons. The van der Waals surface area contributed by atoms with Crippen molar-refractivity contribution < 1.29 is 4.52 Å². The van der Waals surface area contributed by atoms with E-state index in [1.165, 1.54) is 24.8 Å². The Labute approximate surface area is 91.0 Å². The van der Waals surface area contributed by atoms with Gasteiger partial charge in [-0.3, -0.25) is 0 Å². The molecule has 1 heterocycles. The van der Waals surface area contributed by atoms with E-state index in [4.69, 9.17) is 10.3 Å². The third-order valence-electron chi connectivity index (χ3n) is 3.26. The summed E-state index contributed by atoms with van der Waals surface area (Å²) >= 11 is 0. The summed E-state index contributed by atoms with van der Waals surface area (Å²) in [4.78, 5) is 0. The van der Waals surface area contributed by atoms with Crippen LogP contribution in [0.2, 0.25) is 0 Å². The largest absolute Gasteiger partial charge is 0.359 e. The molecule has 3 heteroatoms. The second-order valence-corrected chi connectivity index (χ2v) is 4.80. The summed E-state index contributed by atoms with van der Waals surface area (Å²) in [6.45, 7) is 4.24. The Morgan fingerprint density at radius 3 is 2.67 bits per heavy atom. The zero-order chi connectivity index (χ0) is 10.8. The van der Waals surface area contributed by atoms with Crippen LogP contribution in [0, 0.1) is 5.92 Å². The van der Waals surface area contributed by atoms with Crippen molar-refractivity contribution in [3.05, 3.63) is 17.0 Å². The molecule has 0 amide bonds. The van der Waals surface area contributed by atoms with Gasteiger partial charge in [-0.25, -0.2) is 0 Å². The smallest absolute Gasteiger partial charge is 0.157 e. The van der Waals surface area contributed by atoms with Crippen molar-refractivity contribution in [1.82, 2.24) is 5.16 Å². The summed E-state index contributed by atoms with van der Waals surface area (Å²) in [7, 11) is 0. The first-order valence-electron chi connectivity index (χ1n) is 5.93. The van der Waals surface area contributed by atoms with Gasteiger partial charge in [-0.05, 0) is 31.6 Å². The highest BCUT2D eigenvalue weighted by Gasteiger charge is 2.24. The predicted octanol–water partition coefficient (Wildman–Crippen LogP) is 2.60. The molecule has 0 bridgehead atoms. The number of fused-ring (bicyclic) bond motifs is 1. The highest BCUT2D eigenvalue weighted by atomic mass is 16.5. The average Bonchev–Trinajstić information content (AvgIpc) is 2.46. The number of nitrogens with two attached hydrogens (primary N) is 1. The Balaban J connectivity index is 2.29. The lowest BCUT2D eigenvalue weighted by Crippen LogP contribution is -2.17. The van der Waals surface area contributed by atoms with E-state index in [0.29, 0.717) is 5.92 Å². The lowest BCUT2D eigenvalue weighted by atomic mass is 9.97. The average molecular weight is 208 g/mol. The van der Waals surface area contributed by atoms with E-state index in [0.717, 1.165) is 24.3 Å². The van der Waals surface area contributed by atoms with Crippen LogP contribution in [0.4, 0.5) is 0 Å². The van der Waals surface area contributed by atoms with Crippen molar-refractivity contribution in [2.75, 3.05) is 0 Å². The van der Waals surface area contributed by atoms with Gasteiger partial charge in [0.05, 0.1) is 11.7 Å². The Bertz CT molecular complexity index is 330. The van der Waals surface area contributed by atoms with E-state index in [9.17, 15) is 0 Å². The van der Waals surface area contributed by atoms with Gasteiger partial charge in [0.1, 0.15) is 0 Å². The summed E-state index contributed by atoms with van der Waals surface area (Å²) in [5.41, 5.74) is 8.57. The fraction of sp³-hybridized carbons (Fsp3) is 0.750. The van der Waals surface area contributed by atoms with Gasteiger partial charge in [0, 0.05) is 5.56 Å². The van der Waals surface area contributed by atoms with E-state index >= 15 is 0 Å². The standard InChI is InChI=1S/C12H20N2O/c1-8(2)11(13)12-9-6-4-3-5-7-10(9)14-15-12/h8,11H,3-7,13H2,1-2H3. The maximum Gasteiger partial charge on any atom is 0.157 e. The Morgan fingerprint density at radius 1 is 1.20 bits per heavy atom. The third-order valence-corrected chi connectivity index (χ3v) is 3.26. The highest BCUT2D eigenvalue weighted by molar-refractivity contribution is 5.26. The normalized spacial score (nSPS) is 18.7. The molecule has 1 aliphatic rings. The first-order valence-corrected chi connectivity index (χ1v) is 5.93. The molecule has 1 unspecified atom stereocenters. The molecule has 0 aromatic carbocycles. The van der Waals surface area contributed by atoms with Crippen LogP contribution in [-0.2, 0) is 12.8 Å². The van der Waals surface area contributed by atoms with Gasteiger partial charge >= 0.3 is 0 Å². The maximum atomic E-state index is 6.12. The van der Waals surface area contributed by atoms with Crippen LogP contribution >= 0.6 is 0 Å². The molecule has 2 N–H and O–H groups in total. The number of aromatic nitrogens is 1. The molecule has 0 fully saturated rings. The maximum absolute atomic E-state index is 6.12. The fourth-order valence-electron chi connectivity index (χ4n) is 2.16. The predicted molar refractivity (Wildman–Crippen MR) is 59.5 cm³/mol. The van der Waals surface area contributed by atoms with Crippen LogP contribution in [0.5, 0.6) is 0 Å². The van der Waals surface area contributed by atoms with Gasteiger partial charge in [-0.1, -0.05) is 25.4 Å². The molecule has 0 saturated heterocycles. The molecule has 1 aromatic rings. The zero-order valence-electron chi connectivity index (χ0n) is 9.62. The van der Waals surface area contributed by atoms with Crippen molar-refractivity contribution in [3.8, 4) is 0 Å². The molecule has 0 aliphatic heterocycles. The van der Waals surface area contributed by atoms with Gasteiger partial charge in [0.25, 0.3) is 0 Å². The molecule has 15 heavy (non-hydrogen) atoms. The van der Waals surface area contributed by atoms with E-state index < -0.39 is 0 Å². The van der Waals surface area contributed by atoms with Crippen LogP contribution in [0.15, 0.2) is 4.52 Å². The molecule has 0 saturated carbocycles. The molecular formula is C12H20N2O. The van der Waals surface area contributed by atoms with Crippen LogP contribution in [0.25, 0.3) is 0 Å². The number of hydrogen-bond donors (Lipinski definition) is 1. The second-order valence-electron chi connectivity index (χ2n) is 4.80. The molecule has 1 atom stereocenters. The van der Waals surface area contributed by atoms with Gasteiger partial charge in [0.2, 0.25) is 0 Å². The third kappa shape index (κ3) is 2.07. The Kier molecular flexibility index (Phi) is 3.10. The minimum Gasteiger partial charge on any atom is -0.359 e. The van der Waals surface area contributed by atoms with Gasteiger partial charge < -0.3 is 10.3 Å². The quantitative estimate of drug-likeness (QED) is 0.760. The van der Waals surface area contributed by atoms with Gasteiger partial charge in [-0.15, -0.1) is 0 Å². The van der Waals surface area contributed by atoms with E-state index in [2.05, 4.69) is 19.0 Å². The SMILES string of the molecule is CC(C)C(N)c1onc2c1CCCCC2. The topological polar surface area (TPSA) is 52.0 Å². The van der Waals surface area contributed by atoms with Crippen LogP contribution in [-0.4, -0.2) is 5.16 Å². The number of aryl methyl sites for hydroxylation is 1. The fourth-order valence-corrected chi connectivity index (χ4v) is 2.16. The summed E-state index contributed by atoms with van der Waals surface area (Å²) in [5, 5.41) is 4.17. The van der Waals surface area contributed by atoms with Crippen molar-refractivity contribution in [2.45, 2.75) is 52.0 Å². The molecule has 1 aromatic heterocycles. The lowest BCUT2D eigenvalue weighted by molar-refractivity contribution is 0.326. The summed E-state index contributed by atoms with van der Waals surface area (Å²) < 4.78 is 5.42. The number of nitrogens with zero attached hydrogens (tertiary/aromatic N) is 1. The first kappa shape index (κ1) is 10.7. The van der Waals surface area contributed by atoms with Crippen molar-refractivity contribution in [1.29, 1.82) is 0 Å². The molecule has 1 aliphatic carbocycles. The zero-order valence-corrected chi connectivity index (χ0v) is 9.62. The Morgan fingerprint density at radius 2 is 1.93 bits per heavy atom. The van der Waals surface area contributed by atoms with Crippen LogP contribution in [0.3, 0.4) is 0 Å². The minimum absolute atomic E-state index is 0.000602. The molecule has 2 rings (SSSR count). The summed E-state index contributed by atoms with van der Waals surface area (Å²) in [6, 6.07) is -0.000602. The van der Waals surface area contributed by atoms with Crippen molar-refractivity contribution >= 4 is 0 Å². The highest BCUT2D eigenvalue weighted by Crippen LogP contribution is 2.29. The molecule has 0 radical (unpaired) electrons. The van der Waals surface area contributed by atoms with Crippen molar-refractivity contribution in [3.63, 3.8) is 0 Å². The summed E-state index contributed by atoms with van der Waals surface area (Å²) in [5.74, 6) is 1.34. The van der Waals surface area contributed by atoms with Gasteiger partial charge in [-0.2, -0.15) is 0 Å². The van der Waals surface area contributed by atoms with E-state index in [-0.39, 0.29) is 6.04 Å². The Hall–Kier alpha value is -0.830. The number of rotatable bonds is 2. The van der Waals surface area contributed by atoms with Crippen LogP contribution < -0.4 is 5.73 Å². The molecule has 3 nitrogen and oxygen atoms in total. The first-order chi connectivity index (χ1) is 7.20. The summed E-state index contributed by atoms with van der Waals surface area (Å²) in [6.07, 6.45) is 5.92. The molecular weight excluding hydrogens is 188 g/mol.